The van der Waals surface area contributed by atoms with Crippen LogP contribution < -0.4 is 26.2 Å². The normalized spacial score (nSPS) is 13.5. The largest absolute Gasteiger partial charge is 0.310 e. The molecule has 0 spiro atoms. The first-order valence-electron chi connectivity index (χ1n) is 40.5. The van der Waals surface area contributed by atoms with Crippen LogP contribution in [0.15, 0.2) is 249 Å². The van der Waals surface area contributed by atoms with Crippen LogP contribution in [0.25, 0.3) is 99.5 Å². The molecule has 0 saturated heterocycles. The van der Waals surface area contributed by atoms with Crippen LogP contribution in [0, 0.1) is 11.3 Å². The van der Waals surface area contributed by atoms with Crippen molar-refractivity contribution in [3.8, 4) is 62.0 Å². The van der Waals surface area contributed by atoms with Crippen molar-refractivity contribution in [1.29, 1.82) is 5.26 Å². The van der Waals surface area contributed by atoms with E-state index < -0.39 is 0 Å². The Hall–Kier alpha value is -11.5. The second-order valence-electron chi connectivity index (χ2n) is 39.1. The summed E-state index contributed by atoms with van der Waals surface area (Å²) in [6.45, 7) is 48.0. The lowest BCUT2D eigenvalue weighted by molar-refractivity contribution is 0.531. The lowest BCUT2D eigenvalue weighted by Crippen LogP contribution is -2.61. The monoisotopic (exact) mass is 1470 g/mol. The summed E-state index contributed by atoms with van der Waals surface area (Å²) in [5.74, 6) is 0. The molecular weight excluding hydrogens is 1370 g/mol. The number of hydrogen-bond acceptors (Lipinski definition) is 5. The first-order chi connectivity index (χ1) is 53.4. The lowest BCUT2D eigenvalue weighted by atomic mass is 9.33. The van der Waals surface area contributed by atoms with E-state index in [0.29, 0.717) is 5.56 Å². The number of rotatable bonds is 8. The van der Waals surface area contributed by atoms with Crippen molar-refractivity contribution < 1.29 is 0 Å². The van der Waals surface area contributed by atoms with E-state index in [9.17, 15) is 5.26 Å². The van der Waals surface area contributed by atoms with E-state index >= 15 is 0 Å². The summed E-state index contributed by atoms with van der Waals surface area (Å²) in [7, 11) is 0. The summed E-state index contributed by atoms with van der Waals surface area (Å²) in [5.41, 5.74) is 32.8. The van der Waals surface area contributed by atoms with Crippen molar-refractivity contribution in [2.24, 2.45) is 0 Å². The quantitative estimate of drug-likeness (QED) is 0.142. The number of pyridine rings is 2. The molecule has 6 heterocycles. The van der Waals surface area contributed by atoms with Gasteiger partial charge in [-0.3, -0.25) is 9.97 Å². The summed E-state index contributed by atoms with van der Waals surface area (Å²) >= 11 is 0. The van der Waals surface area contributed by atoms with Gasteiger partial charge in [0.2, 0.25) is 0 Å². The smallest absolute Gasteiger partial charge is 0.252 e. The Labute approximate surface area is 669 Å². The van der Waals surface area contributed by atoms with Crippen LogP contribution in [-0.2, 0) is 37.9 Å². The molecule has 7 nitrogen and oxygen atoms in total. The highest BCUT2D eigenvalue weighted by atomic mass is 15.2. The fraction of sp³-hybridized carbons (Fsp3) is 0.267. The van der Waals surface area contributed by atoms with Gasteiger partial charge in [-0.25, -0.2) is 0 Å². The Bertz CT molecular complexity index is 6280. The van der Waals surface area contributed by atoms with Crippen molar-refractivity contribution in [3.63, 3.8) is 0 Å². The molecule has 0 bridgehead atoms. The van der Waals surface area contributed by atoms with Gasteiger partial charge in [0, 0.05) is 122 Å². The minimum Gasteiger partial charge on any atom is -0.310 e. The molecule has 17 rings (SSSR count). The summed E-state index contributed by atoms with van der Waals surface area (Å²) in [6.07, 6.45) is 0. The van der Waals surface area contributed by atoms with Gasteiger partial charge in [-0.15, -0.1) is 0 Å². The SMILES string of the molecule is CC(C)(C)c1ccc2c(c1)c1cc(C#N)ccc1n2-c1ccc2c(c1)N(c1c(-c3ccccc3)cccc1-c1cc(C(C)(C)C)nc(C(C)(C)C)c1)c1cccc3c1B2c1ccc(-n2c4ccc(C(C)(C)C)cc4c4cc(C(C)(C)C)ccc42)cc1N3c1c(-c2ccccc2)cccc1-c1cc(C(C)(C)C)nc(C(C)(C)C)c1. The second-order valence-corrected chi connectivity index (χ2v) is 39.1. The number of fused-ring (bicyclic) bond motifs is 10. The molecule has 8 heteroatoms. The molecule has 0 aliphatic carbocycles. The van der Waals surface area contributed by atoms with Crippen LogP contribution in [0.3, 0.4) is 0 Å². The van der Waals surface area contributed by atoms with Gasteiger partial charge in [0.1, 0.15) is 0 Å². The molecule has 562 valence electrons. The van der Waals surface area contributed by atoms with Crippen LogP contribution in [0.5, 0.6) is 0 Å². The fourth-order valence-electron chi connectivity index (χ4n) is 17.4. The number of aromatic nitrogens is 4. The van der Waals surface area contributed by atoms with Crippen molar-refractivity contribution in [2.45, 2.75) is 183 Å². The summed E-state index contributed by atoms with van der Waals surface area (Å²) < 4.78 is 4.99. The van der Waals surface area contributed by atoms with Gasteiger partial charge in [-0.2, -0.15) is 5.26 Å². The molecule has 2 aliphatic heterocycles. The summed E-state index contributed by atoms with van der Waals surface area (Å²) in [5, 5.41) is 15.3. The third kappa shape index (κ3) is 12.7. The molecule has 0 saturated carbocycles. The van der Waals surface area contributed by atoms with E-state index in [0.717, 1.165) is 146 Å². The Morgan fingerprint density at radius 2 is 0.602 bits per heavy atom. The molecular formula is C105H104BN7. The number of para-hydroxylation sites is 2. The predicted octanol–water partition coefficient (Wildman–Crippen LogP) is 26.4. The van der Waals surface area contributed by atoms with Crippen molar-refractivity contribution in [3.05, 3.63) is 294 Å². The molecule has 0 atom stereocenters. The summed E-state index contributed by atoms with van der Waals surface area (Å²) in [4.78, 5) is 16.4. The molecule has 11 aromatic carbocycles. The molecule has 0 unspecified atom stereocenters. The van der Waals surface area contributed by atoms with Gasteiger partial charge in [0.25, 0.3) is 6.71 Å². The molecule has 0 radical (unpaired) electrons. The fourth-order valence-corrected chi connectivity index (χ4v) is 17.4. The van der Waals surface area contributed by atoms with Crippen LogP contribution in [-0.4, -0.2) is 25.8 Å². The van der Waals surface area contributed by atoms with Gasteiger partial charge < -0.3 is 18.9 Å². The van der Waals surface area contributed by atoms with Crippen LogP contribution >= 0.6 is 0 Å². The highest BCUT2D eigenvalue weighted by Gasteiger charge is 2.46. The van der Waals surface area contributed by atoms with Gasteiger partial charge in [-0.1, -0.05) is 279 Å². The average molecular weight is 1470 g/mol. The van der Waals surface area contributed by atoms with E-state index in [4.69, 9.17) is 9.97 Å². The maximum atomic E-state index is 10.6. The Balaban J connectivity index is 1.04. The average Bonchev–Trinajstić information content (AvgIpc) is 0.812. The third-order valence-corrected chi connectivity index (χ3v) is 23.8. The topological polar surface area (TPSA) is 65.9 Å². The maximum absolute atomic E-state index is 10.6. The van der Waals surface area contributed by atoms with Crippen LogP contribution in [0.1, 0.15) is 190 Å². The minimum atomic E-state index is -0.296. The Morgan fingerprint density at radius 3 is 0.929 bits per heavy atom. The molecule has 2 aliphatic rings. The number of benzene rings is 11. The lowest BCUT2D eigenvalue weighted by Gasteiger charge is -2.45. The van der Waals surface area contributed by atoms with Gasteiger partial charge in [0.15, 0.2) is 0 Å². The number of anilines is 6. The molecule has 0 N–H and O–H groups in total. The molecule has 15 aromatic rings. The first-order valence-corrected chi connectivity index (χ1v) is 40.5. The summed E-state index contributed by atoms with van der Waals surface area (Å²) in [6, 6.07) is 97.5. The van der Waals surface area contributed by atoms with E-state index in [1.54, 1.807) is 0 Å². The zero-order chi connectivity index (χ0) is 79.7. The van der Waals surface area contributed by atoms with E-state index in [1.807, 2.05) is 6.07 Å². The third-order valence-electron chi connectivity index (χ3n) is 23.8. The Morgan fingerprint density at radius 1 is 0.283 bits per heavy atom. The molecule has 4 aromatic heterocycles. The van der Waals surface area contributed by atoms with Crippen LogP contribution in [0.2, 0.25) is 0 Å². The number of nitriles is 1. The van der Waals surface area contributed by atoms with E-state index in [1.165, 1.54) is 43.9 Å². The van der Waals surface area contributed by atoms with Crippen molar-refractivity contribution in [1.82, 2.24) is 19.1 Å². The molecule has 0 fully saturated rings. The predicted molar refractivity (Wildman–Crippen MR) is 482 cm³/mol. The highest BCUT2D eigenvalue weighted by Crippen LogP contribution is 2.55. The molecule has 113 heavy (non-hydrogen) atoms. The van der Waals surface area contributed by atoms with E-state index in [-0.39, 0.29) is 44.6 Å². The Kier molecular flexibility index (Phi) is 17.3. The zero-order valence-electron chi connectivity index (χ0n) is 69.9. The maximum Gasteiger partial charge on any atom is 0.252 e. The van der Waals surface area contributed by atoms with Crippen LogP contribution in [0.4, 0.5) is 34.1 Å². The van der Waals surface area contributed by atoms with Gasteiger partial charge in [0.05, 0.1) is 45.1 Å². The molecule has 0 amide bonds. The van der Waals surface area contributed by atoms with Gasteiger partial charge in [-0.05, 0) is 187 Å². The van der Waals surface area contributed by atoms with E-state index in [2.05, 4.69) is 413 Å². The standard InChI is InChI=1S/C105H104BN7/c1-99(2,3)69-42-50-85-79(58-69)78-53-64(63-107)41-49-84(78)110(85)72-45-47-82-90(61-72)112(97-74(65-31-24-22-25-32-65)35-28-37-76(97)67-54-92(102(10,11)12)108-93(55-67)103(13,14)15)88-39-30-40-89-96(88)106(82)83-48-46-73(111-86-51-43-70(100(4,5)6)59-80(86)81-60-71(101(7,8)9)44-52-87(81)111)62-91(83)113(89)98-75(66-33-26-23-27-34-66)36-29-38-77(98)68-56-94(104(16,17)18)109-95(57-68)105(19,20)21/h22-62H,1-21H3. The number of nitrogens with zero attached hydrogens (tertiary/aromatic N) is 7. The van der Waals surface area contributed by atoms with Crippen molar-refractivity contribution >= 4 is 101 Å². The minimum absolute atomic E-state index is 0.0765. The number of hydrogen-bond donors (Lipinski definition) is 0. The zero-order valence-corrected chi connectivity index (χ0v) is 69.9. The highest BCUT2D eigenvalue weighted by molar-refractivity contribution is 7.00. The van der Waals surface area contributed by atoms with Crippen molar-refractivity contribution in [2.75, 3.05) is 9.80 Å². The first kappa shape index (κ1) is 74.2. The second kappa shape index (κ2) is 26.3. The van der Waals surface area contributed by atoms with Gasteiger partial charge >= 0.3 is 0 Å².